The van der Waals surface area contributed by atoms with Gasteiger partial charge < -0.3 is 15.1 Å². The molecule has 4 heteroatoms. The van der Waals surface area contributed by atoms with Gasteiger partial charge in [-0.2, -0.15) is 0 Å². The molecule has 1 aromatic carbocycles. The van der Waals surface area contributed by atoms with Gasteiger partial charge in [0.1, 0.15) is 11.5 Å². The van der Waals surface area contributed by atoms with Crippen LogP contribution in [-0.2, 0) is 0 Å². The Morgan fingerprint density at radius 1 is 1.24 bits per heavy atom. The summed E-state index contributed by atoms with van der Waals surface area (Å²) in [6.45, 7) is 5.68. The van der Waals surface area contributed by atoms with Crippen LogP contribution < -0.4 is 0 Å². The summed E-state index contributed by atoms with van der Waals surface area (Å²) in [6.07, 6.45) is 0. The van der Waals surface area contributed by atoms with E-state index in [-0.39, 0.29) is 23.0 Å². The number of amides is 1. The summed E-state index contributed by atoms with van der Waals surface area (Å²) >= 11 is 0. The van der Waals surface area contributed by atoms with Crippen LogP contribution in [0.1, 0.15) is 24.2 Å². The molecule has 1 aromatic rings. The first-order valence-corrected chi connectivity index (χ1v) is 5.80. The standard InChI is InChI=1S/C13H17NO3/c1-8-6-14(7-9(8)2)13(17)11-4-3-10(15)5-12(11)16/h3-5,8-9,15-16H,6-7H2,1-2H3. The number of aromatic hydroxyl groups is 2. The Labute approximate surface area is 100 Å². The number of nitrogens with zero attached hydrogens (tertiary/aromatic N) is 1. The zero-order chi connectivity index (χ0) is 12.6. The summed E-state index contributed by atoms with van der Waals surface area (Å²) < 4.78 is 0. The predicted octanol–water partition coefficient (Wildman–Crippen LogP) is 1.83. The van der Waals surface area contributed by atoms with E-state index in [9.17, 15) is 15.0 Å². The van der Waals surface area contributed by atoms with E-state index in [4.69, 9.17) is 0 Å². The van der Waals surface area contributed by atoms with Gasteiger partial charge in [-0.15, -0.1) is 0 Å². The molecule has 2 N–H and O–H groups in total. The average molecular weight is 235 g/mol. The van der Waals surface area contributed by atoms with Gasteiger partial charge in [0, 0.05) is 19.2 Å². The zero-order valence-electron chi connectivity index (χ0n) is 10.1. The Kier molecular flexibility index (Phi) is 2.96. The lowest BCUT2D eigenvalue weighted by Crippen LogP contribution is -2.28. The van der Waals surface area contributed by atoms with E-state index in [0.29, 0.717) is 11.8 Å². The highest BCUT2D eigenvalue weighted by molar-refractivity contribution is 5.97. The van der Waals surface area contributed by atoms with Crippen LogP contribution in [0.15, 0.2) is 18.2 Å². The van der Waals surface area contributed by atoms with Crippen molar-refractivity contribution in [1.29, 1.82) is 0 Å². The van der Waals surface area contributed by atoms with Gasteiger partial charge in [-0.25, -0.2) is 0 Å². The number of phenols is 2. The van der Waals surface area contributed by atoms with Gasteiger partial charge in [0.25, 0.3) is 5.91 Å². The molecule has 1 aliphatic rings. The third kappa shape index (κ3) is 2.20. The molecule has 2 atom stereocenters. The maximum Gasteiger partial charge on any atom is 0.257 e. The van der Waals surface area contributed by atoms with Gasteiger partial charge in [0.05, 0.1) is 5.56 Å². The van der Waals surface area contributed by atoms with Crippen molar-refractivity contribution in [2.24, 2.45) is 11.8 Å². The molecule has 1 amide bonds. The minimum Gasteiger partial charge on any atom is -0.508 e. The van der Waals surface area contributed by atoms with Gasteiger partial charge in [0.2, 0.25) is 0 Å². The van der Waals surface area contributed by atoms with Crippen molar-refractivity contribution >= 4 is 5.91 Å². The Morgan fingerprint density at radius 2 is 1.82 bits per heavy atom. The molecule has 17 heavy (non-hydrogen) atoms. The van der Waals surface area contributed by atoms with E-state index in [2.05, 4.69) is 13.8 Å². The minimum absolute atomic E-state index is 0.0396. The third-order valence-corrected chi connectivity index (χ3v) is 3.49. The molecule has 0 saturated carbocycles. The number of carbonyl (C=O) groups is 1. The quantitative estimate of drug-likeness (QED) is 0.780. The second-order valence-electron chi connectivity index (χ2n) is 4.87. The van der Waals surface area contributed by atoms with E-state index >= 15 is 0 Å². The largest absolute Gasteiger partial charge is 0.508 e. The molecule has 0 spiro atoms. The first-order chi connectivity index (χ1) is 7.99. The van der Waals surface area contributed by atoms with Crippen LogP contribution in [-0.4, -0.2) is 34.1 Å². The van der Waals surface area contributed by atoms with Crippen molar-refractivity contribution in [1.82, 2.24) is 4.90 Å². The van der Waals surface area contributed by atoms with Crippen molar-refractivity contribution in [2.45, 2.75) is 13.8 Å². The van der Waals surface area contributed by atoms with Gasteiger partial charge in [-0.3, -0.25) is 4.79 Å². The molecule has 2 unspecified atom stereocenters. The number of carbonyl (C=O) groups excluding carboxylic acids is 1. The maximum absolute atomic E-state index is 12.2. The SMILES string of the molecule is CC1CN(C(=O)c2ccc(O)cc2O)CC1C. The molecule has 1 fully saturated rings. The lowest BCUT2D eigenvalue weighted by atomic mass is 10.0. The van der Waals surface area contributed by atoms with Gasteiger partial charge in [0.15, 0.2) is 0 Å². The van der Waals surface area contributed by atoms with E-state index in [1.807, 2.05) is 0 Å². The van der Waals surface area contributed by atoms with Crippen LogP contribution in [0.3, 0.4) is 0 Å². The van der Waals surface area contributed by atoms with E-state index in [0.717, 1.165) is 13.1 Å². The average Bonchev–Trinajstić information content (AvgIpc) is 2.58. The number of likely N-dealkylation sites (tertiary alicyclic amines) is 1. The first kappa shape index (κ1) is 11.8. The fourth-order valence-electron chi connectivity index (χ4n) is 2.17. The smallest absolute Gasteiger partial charge is 0.257 e. The summed E-state index contributed by atoms with van der Waals surface area (Å²) in [5.41, 5.74) is 0.254. The number of hydrogen-bond donors (Lipinski definition) is 2. The minimum atomic E-state index is -0.168. The molecule has 1 saturated heterocycles. The second kappa shape index (κ2) is 4.28. The molecule has 0 radical (unpaired) electrons. The van der Waals surface area contributed by atoms with Crippen molar-refractivity contribution < 1.29 is 15.0 Å². The van der Waals surface area contributed by atoms with E-state index < -0.39 is 0 Å². The monoisotopic (exact) mass is 235 g/mol. The summed E-state index contributed by atoms with van der Waals surface area (Å²) in [7, 11) is 0. The van der Waals surface area contributed by atoms with Gasteiger partial charge >= 0.3 is 0 Å². The number of phenolic OH excluding ortho intramolecular Hbond substituents is 2. The third-order valence-electron chi connectivity index (χ3n) is 3.49. The molecule has 0 bridgehead atoms. The summed E-state index contributed by atoms with van der Waals surface area (Å²) in [5.74, 6) is 0.597. The highest BCUT2D eigenvalue weighted by Crippen LogP contribution is 2.28. The molecular weight excluding hydrogens is 218 g/mol. The Bertz CT molecular complexity index is 434. The molecular formula is C13H17NO3. The van der Waals surface area contributed by atoms with Crippen LogP contribution in [0.25, 0.3) is 0 Å². The van der Waals surface area contributed by atoms with Crippen molar-refractivity contribution in [3.63, 3.8) is 0 Å². The molecule has 0 aromatic heterocycles. The molecule has 1 aliphatic heterocycles. The van der Waals surface area contributed by atoms with Crippen molar-refractivity contribution in [3.8, 4) is 11.5 Å². The fraction of sp³-hybridized carbons (Fsp3) is 0.462. The van der Waals surface area contributed by atoms with Crippen LogP contribution in [0.5, 0.6) is 11.5 Å². The highest BCUT2D eigenvalue weighted by Gasteiger charge is 2.30. The molecule has 2 rings (SSSR count). The number of rotatable bonds is 1. The van der Waals surface area contributed by atoms with E-state index in [1.54, 1.807) is 4.90 Å². The Morgan fingerprint density at radius 3 is 2.35 bits per heavy atom. The predicted molar refractivity (Wildman–Crippen MR) is 64.0 cm³/mol. The molecule has 1 heterocycles. The van der Waals surface area contributed by atoms with E-state index in [1.165, 1.54) is 18.2 Å². The Balaban J connectivity index is 2.20. The summed E-state index contributed by atoms with van der Waals surface area (Å²) in [5, 5.41) is 18.8. The second-order valence-corrected chi connectivity index (χ2v) is 4.87. The first-order valence-electron chi connectivity index (χ1n) is 5.80. The van der Waals surface area contributed by atoms with Gasteiger partial charge in [-0.05, 0) is 24.0 Å². The lowest BCUT2D eigenvalue weighted by Gasteiger charge is -2.16. The highest BCUT2D eigenvalue weighted by atomic mass is 16.3. The normalized spacial score (nSPS) is 24.0. The van der Waals surface area contributed by atoms with Crippen LogP contribution >= 0.6 is 0 Å². The van der Waals surface area contributed by atoms with Crippen LogP contribution in [0.4, 0.5) is 0 Å². The van der Waals surface area contributed by atoms with Crippen molar-refractivity contribution in [3.05, 3.63) is 23.8 Å². The molecule has 92 valence electrons. The Hall–Kier alpha value is -1.71. The summed E-state index contributed by atoms with van der Waals surface area (Å²) in [4.78, 5) is 13.9. The summed E-state index contributed by atoms with van der Waals surface area (Å²) in [6, 6.07) is 4.06. The number of hydrogen-bond acceptors (Lipinski definition) is 3. The van der Waals surface area contributed by atoms with Crippen molar-refractivity contribution in [2.75, 3.05) is 13.1 Å². The van der Waals surface area contributed by atoms with Gasteiger partial charge in [-0.1, -0.05) is 13.8 Å². The molecule has 4 nitrogen and oxygen atoms in total. The zero-order valence-corrected chi connectivity index (χ0v) is 10.1. The van der Waals surface area contributed by atoms with Crippen LogP contribution in [0.2, 0.25) is 0 Å². The maximum atomic E-state index is 12.2. The lowest BCUT2D eigenvalue weighted by molar-refractivity contribution is 0.0782. The number of benzene rings is 1. The topological polar surface area (TPSA) is 60.8 Å². The van der Waals surface area contributed by atoms with Crippen LogP contribution in [0, 0.1) is 11.8 Å². The molecule has 0 aliphatic carbocycles. The fourth-order valence-corrected chi connectivity index (χ4v) is 2.17.